The molecule has 3 N–H and O–H groups in total. The molecular formula is C15H19F4N5O9. The molecule has 0 unspecified atom stereocenters. The Bertz CT molecular complexity index is 848. The first-order chi connectivity index (χ1) is 15.0. The molecule has 1 aromatic carbocycles. The Balaban J connectivity index is -0.000000462. The molecule has 0 aliphatic heterocycles. The van der Waals surface area contributed by atoms with E-state index in [1.807, 2.05) is 62.3 Å². The summed E-state index contributed by atoms with van der Waals surface area (Å²) in [5, 5.41) is 36.5. The van der Waals surface area contributed by atoms with E-state index in [-0.39, 0.29) is 0 Å². The number of carboxylic acid groups (broad SMARTS) is 4. The highest BCUT2D eigenvalue weighted by atomic mass is 19.2. The van der Waals surface area contributed by atoms with Gasteiger partial charge in [-0.15, -0.1) is 18.3 Å². The topological polar surface area (TPSA) is 201 Å². The van der Waals surface area contributed by atoms with Crippen molar-refractivity contribution in [3.63, 3.8) is 0 Å². The minimum absolute atomic E-state index is 0.681. The van der Waals surface area contributed by atoms with Gasteiger partial charge in [-0.25, -0.2) is 14.4 Å². The van der Waals surface area contributed by atoms with E-state index < -0.39 is 24.9 Å². The second kappa shape index (κ2) is 18.3. The van der Waals surface area contributed by atoms with Crippen LogP contribution in [0.15, 0.2) is 24.3 Å². The lowest BCUT2D eigenvalue weighted by molar-refractivity contribution is -0.264. The number of para-hydroxylation sites is 1. The summed E-state index contributed by atoms with van der Waals surface area (Å²) in [5.74, 6) is 0. The van der Waals surface area contributed by atoms with Crippen LogP contribution in [0.5, 0.6) is 0 Å². The van der Waals surface area contributed by atoms with Crippen LogP contribution < -0.4 is 5.11 Å². The number of urea groups is 1. The van der Waals surface area contributed by atoms with Crippen molar-refractivity contribution in [1.29, 1.82) is 0 Å². The Labute approximate surface area is 182 Å². The van der Waals surface area contributed by atoms with Gasteiger partial charge in [0.05, 0.1) is 0 Å². The monoisotopic (exact) mass is 489 g/mol. The van der Waals surface area contributed by atoms with Crippen LogP contribution in [-0.4, -0.2) is 99.4 Å². The van der Waals surface area contributed by atoms with Gasteiger partial charge in [-0.1, -0.05) is 12.1 Å². The molecule has 2 rings (SSSR count). The van der Waals surface area contributed by atoms with Crippen molar-refractivity contribution in [1.82, 2.24) is 25.0 Å². The number of hydrogen-bond acceptors (Lipinski definition) is 7. The molecule has 2 amide bonds. The Morgan fingerprint density at radius 1 is 0.879 bits per heavy atom. The SMILES string of the molecule is CN(C)C(=[O+]n1nnc2ccccc21)N(C)C.O=C(O)F.O=C(O)F.O=C(O)F.O=C([O-])F. The van der Waals surface area contributed by atoms with Crippen LogP contribution in [0.3, 0.4) is 0 Å². The summed E-state index contributed by atoms with van der Waals surface area (Å²) in [6.45, 7) is 0. The molecule has 14 nitrogen and oxygen atoms in total. The highest BCUT2D eigenvalue weighted by Gasteiger charge is 2.22. The van der Waals surface area contributed by atoms with Gasteiger partial charge < -0.3 is 25.2 Å². The fraction of sp³-hybridized carbons (Fsp3) is 0.267. The number of halogens is 4. The average molecular weight is 489 g/mol. The maximum absolute atomic E-state index is 9.92. The summed E-state index contributed by atoms with van der Waals surface area (Å²) in [5.41, 5.74) is 1.65. The number of hydrogen-bond donors (Lipinski definition) is 3. The molecule has 18 heteroatoms. The van der Waals surface area contributed by atoms with Crippen LogP contribution in [-0.2, 0) is 0 Å². The molecule has 2 aromatic rings. The molecule has 186 valence electrons. The highest BCUT2D eigenvalue weighted by Crippen LogP contribution is 2.11. The number of carbonyl (C=O) groups excluding carboxylic acids is 2. The van der Waals surface area contributed by atoms with Gasteiger partial charge in [0.2, 0.25) is 6.22 Å². The standard InChI is InChI=1S/C11H16N5O.4CHFO2/c1-14(2)11(15(3)4)17-16-10-8-6-5-7-9(10)12-13-16;4*2-1(3)4/h5-8H,1-4H3;4*(H,3,4)/q+1;;;;/p-1. The summed E-state index contributed by atoms with van der Waals surface area (Å²) in [7, 11) is 7.64. The van der Waals surface area contributed by atoms with Crippen LogP contribution in [0.2, 0.25) is 0 Å². The van der Waals surface area contributed by atoms with Crippen molar-refractivity contribution in [2.75, 3.05) is 28.2 Å². The molecule has 1 aromatic heterocycles. The third-order valence-corrected chi connectivity index (χ3v) is 2.25. The number of benzene rings is 1. The zero-order valence-corrected chi connectivity index (χ0v) is 17.3. The Kier molecular flexibility index (Phi) is 18.3. The minimum Gasteiger partial charge on any atom is -0.520 e. The maximum Gasteiger partial charge on any atom is 0.554 e. The van der Waals surface area contributed by atoms with Crippen molar-refractivity contribution < 1.29 is 61.7 Å². The second-order valence-electron chi connectivity index (χ2n) is 5.11. The quantitative estimate of drug-likeness (QED) is 0.303. The number of rotatable bonds is 1. The van der Waals surface area contributed by atoms with Crippen LogP contribution in [0.25, 0.3) is 11.0 Å². The molecule has 0 radical (unpaired) electrons. The lowest BCUT2D eigenvalue weighted by atomic mass is 10.3. The number of carbonyl (C=O) groups is 4. The van der Waals surface area contributed by atoms with Gasteiger partial charge in [0.1, 0.15) is 10.4 Å². The van der Waals surface area contributed by atoms with Gasteiger partial charge in [0.15, 0.2) is 5.52 Å². The largest absolute Gasteiger partial charge is 0.554 e. The first-order valence-electron chi connectivity index (χ1n) is 7.74. The van der Waals surface area contributed by atoms with Crippen molar-refractivity contribution in [2.24, 2.45) is 0 Å². The second-order valence-corrected chi connectivity index (χ2v) is 5.11. The van der Waals surface area contributed by atoms with E-state index in [1.165, 1.54) is 4.85 Å². The van der Waals surface area contributed by atoms with Gasteiger partial charge in [-0.05, 0) is 16.7 Å². The predicted octanol–water partition coefficient (Wildman–Crippen LogP) is 2.17. The van der Waals surface area contributed by atoms with E-state index in [1.54, 1.807) is 0 Å². The zero-order valence-electron chi connectivity index (χ0n) is 17.3. The molecule has 33 heavy (non-hydrogen) atoms. The van der Waals surface area contributed by atoms with Gasteiger partial charge >= 0.3 is 24.7 Å². The number of amides is 2. The Morgan fingerprint density at radius 3 is 1.55 bits per heavy atom. The van der Waals surface area contributed by atoms with Gasteiger partial charge in [0.25, 0.3) is 0 Å². The Hall–Kier alpha value is -4.51. The third-order valence-electron chi connectivity index (χ3n) is 2.25. The number of aromatic nitrogens is 3. The number of nitrogens with zero attached hydrogens (tertiary/aromatic N) is 5. The van der Waals surface area contributed by atoms with Crippen LogP contribution in [0, 0.1) is 0 Å². The summed E-state index contributed by atoms with van der Waals surface area (Å²) < 4.78 is 45.3. The average Bonchev–Trinajstić information content (AvgIpc) is 3.00. The van der Waals surface area contributed by atoms with Gasteiger partial charge in [-0.3, -0.25) is 9.80 Å². The Morgan fingerprint density at radius 2 is 1.21 bits per heavy atom. The first kappa shape index (κ1) is 33.1. The van der Waals surface area contributed by atoms with E-state index in [0.717, 1.165) is 11.0 Å². The minimum atomic E-state index is -2.58. The van der Waals surface area contributed by atoms with Crippen molar-refractivity contribution in [3.05, 3.63) is 24.3 Å². The van der Waals surface area contributed by atoms with E-state index in [0.29, 0.717) is 6.03 Å². The van der Waals surface area contributed by atoms with E-state index in [9.17, 15) is 17.6 Å². The van der Waals surface area contributed by atoms with Gasteiger partial charge in [-0.2, -0.15) is 4.39 Å². The molecule has 0 bridgehead atoms. The van der Waals surface area contributed by atoms with Crippen molar-refractivity contribution >= 4 is 42.0 Å². The first-order valence-corrected chi connectivity index (χ1v) is 7.74. The number of fused-ring (bicyclic) bond motifs is 1. The summed E-state index contributed by atoms with van der Waals surface area (Å²) in [6, 6.07) is 8.34. The molecule has 0 saturated heterocycles. The van der Waals surface area contributed by atoms with Gasteiger partial charge in [0, 0.05) is 33.4 Å². The van der Waals surface area contributed by atoms with Crippen molar-refractivity contribution in [2.45, 2.75) is 0 Å². The fourth-order valence-electron chi connectivity index (χ4n) is 1.56. The summed E-state index contributed by atoms with van der Waals surface area (Å²) in [6.07, 6.45) is -9.58. The summed E-state index contributed by atoms with van der Waals surface area (Å²) in [4.78, 5) is 38.4. The van der Waals surface area contributed by atoms with E-state index in [2.05, 4.69) is 10.3 Å². The predicted molar refractivity (Wildman–Crippen MR) is 99.6 cm³/mol. The normalized spacial score (nSPS) is 8.36. The highest BCUT2D eigenvalue weighted by molar-refractivity contribution is 5.75. The smallest absolute Gasteiger partial charge is 0.520 e. The van der Waals surface area contributed by atoms with E-state index >= 15 is 0 Å². The molecule has 1 heterocycles. The fourth-order valence-corrected chi connectivity index (χ4v) is 1.56. The lowest BCUT2D eigenvalue weighted by Gasteiger charge is -2.10. The van der Waals surface area contributed by atoms with E-state index in [4.69, 9.17) is 44.1 Å². The summed E-state index contributed by atoms with van der Waals surface area (Å²) >= 11 is 0. The third kappa shape index (κ3) is 23.6. The molecule has 0 aliphatic rings. The molecule has 0 fully saturated rings. The van der Waals surface area contributed by atoms with Crippen molar-refractivity contribution in [3.8, 4) is 0 Å². The molecule has 0 saturated carbocycles. The molecular weight excluding hydrogens is 470 g/mol. The lowest BCUT2D eigenvalue weighted by Crippen LogP contribution is -2.35. The van der Waals surface area contributed by atoms with Crippen LogP contribution >= 0.6 is 0 Å². The molecule has 0 spiro atoms. The molecule has 0 atom stereocenters. The van der Waals surface area contributed by atoms with Crippen LogP contribution in [0.1, 0.15) is 0 Å². The molecule has 0 aliphatic carbocycles. The van der Waals surface area contributed by atoms with Crippen LogP contribution in [0.4, 0.5) is 41.3 Å². The zero-order chi connectivity index (χ0) is 26.7. The maximum atomic E-state index is 9.92.